The molecule has 3 rings (SSSR count). The fraction of sp³-hybridized carbons (Fsp3) is 0.0526. The van der Waals surface area contributed by atoms with Crippen molar-refractivity contribution in [3.8, 4) is 0 Å². The molecule has 0 aliphatic carbocycles. The Balaban J connectivity index is 1.92. The van der Waals surface area contributed by atoms with Crippen LogP contribution >= 0.6 is 17.9 Å². The standard InChI is InChI=1S/C19H17O2PS2/c20-22(17-10-4-1-5-11-17,18-12-6-2-7-13-18)16-24(21)23-19-14-8-3-9-15-19/h1-15H,16H2. The van der Waals surface area contributed by atoms with E-state index in [-0.39, 0.29) is 5.49 Å². The van der Waals surface area contributed by atoms with Crippen LogP contribution in [-0.2, 0) is 14.4 Å². The predicted molar refractivity (Wildman–Crippen MR) is 105 cm³/mol. The minimum Gasteiger partial charge on any atom is -0.313 e. The molecule has 3 aromatic carbocycles. The monoisotopic (exact) mass is 372 g/mol. The van der Waals surface area contributed by atoms with E-state index in [1.807, 2.05) is 91.0 Å². The largest absolute Gasteiger partial charge is 0.313 e. The second-order valence-electron chi connectivity index (χ2n) is 5.24. The highest BCUT2D eigenvalue weighted by Crippen LogP contribution is 2.46. The van der Waals surface area contributed by atoms with Gasteiger partial charge in [0.05, 0.1) is 15.3 Å². The summed E-state index contributed by atoms with van der Waals surface area (Å²) in [5.74, 6) is 0. The molecule has 2 nitrogen and oxygen atoms in total. The number of hydrogen-bond donors (Lipinski definition) is 0. The lowest BCUT2D eigenvalue weighted by Gasteiger charge is -2.18. The summed E-state index contributed by atoms with van der Waals surface area (Å²) < 4.78 is 26.5. The molecule has 0 amide bonds. The summed E-state index contributed by atoms with van der Waals surface area (Å²) >= 11 is 0. The Kier molecular flexibility index (Phi) is 5.72. The Hall–Kier alpha value is -1.61. The fourth-order valence-electron chi connectivity index (χ4n) is 2.39. The lowest BCUT2D eigenvalue weighted by Crippen LogP contribution is -2.19. The first kappa shape index (κ1) is 17.2. The molecular weight excluding hydrogens is 355 g/mol. The Labute approximate surface area is 148 Å². The third kappa shape index (κ3) is 4.07. The van der Waals surface area contributed by atoms with E-state index in [0.29, 0.717) is 0 Å². The van der Waals surface area contributed by atoms with Crippen LogP contribution in [0.3, 0.4) is 0 Å². The maximum Gasteiger partial charge on any atom is 0.156 e. The van der Waals surface area contributed by atoms with Gasteiger partial charge in [-0.1, -0.05) is 78.9 Å². The van der Waals surface area contributed by atoms with Crippen molar-refractivity contribution in [3.05, 3.63) is 91.0 Å². The zero-order valence-corrected chi connectivity index (χ0v) is 15.5. The van der Waals surface area contributed by atoms with E-state index in [0.717, 1.165) is 15.5 Å². The normalized spacial score (nSPS) is 12.7. The van der Waals surface area contributed by atoms with Crippen molar-refractivity contribution in [2.75, 3.05) is 5.49 Å². The van der Waals surface area contributed by atoms with E-state index >= 15 is 0 Å². The van der Waals surface area contributed by atoms with Crippen molar-refractivity contribution in [1.29, 1.82) is 0 Å². The highest BCUT2D eigenvalue weighted by molar-refractivity contribution is 8.70. The quantitative estimate of drug-likeness (QED) is 0.475. The minimum atomic E-state index is -2.94. The van der Waals surface area contributed by atoms with E-state index in [1.165, 1.54) is 10.8 Å². The highest BCUT2D eigenvalue weighted by Gasteiger charge is 2.29. The third-order valence-electron chi connectivity index (χ3n) is 3.57. The molecule has 122 valence electrons. The van der Waals surface area contributed by atoms with Crippen LogP contribution in [0.5, 0.6) is 0 Å². The molecule has 0 radical (unpaired) electrons. The maximum absolute atomic E-state index is 13.8. The molecule has 1 unspecified atom stereocenters. The molecule has 0 bridgehead atoms. The summed E-state index contributed by atoms with van der Waals surface area (Å²) in [4.78, 5) is 0.920. The van der Waals surface area contributed by atoms with Gasteiger partial charge in [-0.15, -0.1) is 0 Å². The first-order valence-electron chi connectivity index (χ1n) is 7.50. The number of benzene rings is 3. The molecule has 0 aliphatic heterocycles. The van der Waals surface area contributed by atoms with Gasteiger partial charge in [0.15, 0.2) is 7.14 Å². The lowest BCUT2D eigenvalue weighted by molar-refractivity contribution is 0.589. The van der Waals surface area contributed by atoms with Gasteiger partial charge in [0.2, 0.25) is 0 Å². The molecule has 5 heteroatoms. The van der Waals surface area contributed by atoms with E-state index in [2.05, 4.69) is 0 Å². The lowest BCUT2D eigenvalue weighted by atomic mass is 10.4. The number of hydrogen-bond acceptors (Lipinski definition) is 3. The van der Waals surface area contributed by atoms with Gasteiger partial charge in [-0.25, -0.2) is 4.21 Å². The van der Waals surface area contributed by atoms with Crippen molar-refractivity contribution in [2.24, 2.45) is 0 Å². The molecule has 3 aromatic rings. The van der Waals surface area contributed by atoms with Crippen LogP contribution in [-0.4, -0.2) is 9.70 Å². The summed E-state index contributed by atoms with van der Waals surface area (Å²) in [5.41, 5.74) is 0.126. The molecule has 0 fully saturated rings. The topological polar surface area (TPSA) is 34.1 Å². The van der Waals surface area contributed by atoms with Gasteiger partial charge >= 0.3 is 0 Å². The van der Waals surface area contributed by atoms with Crippen molar-refractivity contribution in [3.63, 3.8) is 0 Å². The molecule has 0 heterocycles. The highest BCUT2D eigenvalue weighted by atomic mass is 33.1. The molecule has 0 spiro atoms. The molecule has 1 atom stereocenters. The van der Waals surface area contributed by atoms with Gasteiger partial charge in [-0.3, -0.25) is 0 Å². The zero-order chi connectivity index (χ0) is 16.8. The molecule has 0 aliphatic rings. The average Bonchev–Trinajstić information content (AvgIpc) is 2.64. The van der Waals surface area contributed by atoms with Gasteiger partial charge < -0.3 is 4.57 Å². The molecule has 0 saturated carbocycles. The van der Waals surface area contributed by atoms with Crippen LogP contribution in [0.4, 0.5) is 0 Å². The van der Waals surface area contributed by atoms with Crippen molar-refractivity contribution in [2.45, 2.75) is 4.90 Å². The molecule has 24 heavy (non-hydrogen) atoms. The SMILES string of the molecule is O=S(CP(=O)(c1ccccc1)c1ccccc1)Sc1ccccc1. The Bertz CT molecular complexity index is 809. The fourth-order valence-corrected chi connectivity index (χ4v) is 9.86. The Morgan fingerprint density at radius 2 is 1.12 bits per heavy atom. The van der Waals surface area contributed by atoms with Gasteiger partial charge in [-0.2, -0.15) is 0 Å². The zero-order valence-electron chi connectivity index (χ0n) is 12.9. The Morgan fingerprint density at radius 1 is 0.708 bits per heavy atom. The van der Waals surface area contributed by atoms with E-state index in [1.54, 1.807) is 0 Å². The average molecular weight is 372 g/mol. The van der Waals surface area contributed by atoms with Crippen LogP contribution in [0.15, 0.2) is 95.9 Å². The Morgan fingerprint density at radius 3 is 1.58 bits per heavy atom. The van der Waals surface area contributed by atoms with Crippen LogP contribution in [0, 0.1) is 0 Å². The van der Waals surface area contributed by atoms with Gasteiger partial charge in [0.25, 0.3) is 0 Å². The molecule has 0 N–H and O–H groups in total. The van der Waals surface area contributed by atoms with Crippen molar-refractivity contribution < 1.29 is 8.77 Å². The van der Waals surface area contributed by atoms with Crippen LogP contribution in [0.2, 0.25) is 0 Å². The van der Waals surface area contributed by atoms with Gasteiger partial charge in [0, 0.05) is 15.5 Å². The maximum atomic E-state index is 13.8. The van der Waals surface area contributed by atoms with Crippen LogP contribution in [0.25, 0.3) is 0 Å². The first-order valence-corrected chi connectivity index (χ1v) is 12.0. The first-order chi connectivity index (χ1) is 11.7. The number of rotatable bonds is 6. The smallest absolute Gasteiger partial charge is 0.156 e. The summed E-state index contributed by atoms with van der Waals surface area (Å²) in [6.07, 6.45) is 0. The molecule has 0 aromatic heterocycles. The summed E-state index contributed by atoms with van der Waals surface area (Å²) in [5, 5.41) is 1.50. The van der Waals surface area contributed by atoms with Crippen LogP contribution in [0.1, 0.15) is 0 Å². The summed E-state index contributed by atoms with van der Waals surface area (Å²) in [6, 6.07) is 28.3. The summed E-state index contributed by atoms with van der Waals surface area (Å²) in [6.45, 7) is 0. The van der Waals surface area contributed by atoms with E-state index in [4.69, 9.17) is 0 Å². The second kappa shape index (κ2) is 7.98. The molecular formula is C19H17O2PS2. The van der Waals surface area contributed by atoms with E-state index in [9.17, 15) is 8.77 Å². The van der Waals surface area contributed by atoms with E-state index < -0.39 is 17.0 Å². The van der Waals surface area contributed by atoms with Crippen molar-refractivity contribution >= 4 is 38.4 Å². The predicted octanol–water partition coefficient (Wildman–Crippen LogP) is 4.41. The summed E-state index contributed by atoms with van der Waals surface area (Å²) in [7, 11) is -2.97. The minimum absolute atomic E-state index is 0.126. The van der Waals surface area contributed by atoms with Gasteiger partial charge in [0.1, 0.15) is 0 Å². The second-order valence-corrected chi connectivity index (χ2v) is 11.6. The third-order valence-corrected chi connectivity index (χ3v) is 10.9. The van der Waals surface area contributed by atoms with Crippen LogP contribution < -0.4 is 10.6 Å². The van der Waals surface area contributed by atoms with Crippen molar-refractivity contribution in [1.82, 2.24) is 0 Å². The molecule has 0 saturated heterocycles. The van der Waals surface area contributed by atoms with Gasteiger partial charge in [-0.05, 0) is 22.9 Å².